The first kappa shape index (κ1) is 10.5. The van der Waals surface area contributed by atoms with Crippen LogP contribution in [0.4, 0.5) is 0 Å². The molecular formula is C14H16. The van der Waals surface area contributed by atoms with Gasteiger partial charge in [0.25, 0.3) is 0 Å². The van der Waals surface area contributed by atoms with E-state index >= 15 is 0 Å². The Morgan fingerprint density at radius 3 is 1.93 bits per heavy atom. The molecule has 14 heavy (non-hydrogen) atoms. The molecule has 0 spiro atoms. The molecular weight excluding hydrogens is 168 g/mol. The van der Waals surface area contributed by atoms with Crippen LogP contribution in [-0.2, 0) is 0 Å². The second-order valence-corrected chi connectivity index (χ2v) is 3.18. The summed E-state index contributed by atoms with van der Waals surface area (Å²) in [4.78, 5) is 0. The van der Waals surface area contributed by atoms with Gasteiger partial charge in [-0.25, -0.2) is 0 Å². The Hall–Kier alpha value is -1.56. The minimum absolute atomic E-state index is 1.31. The minimum Gasteiger partial charge on any atom is -0.0991 e. The minimum atomic E-state index is 1.31. The molecule has 0 amide bonds. The average Bonchev–Trinajstić information content (AvgIpc) is 3.04. The summed E-state index contributed by atoms with van der Waals surface area (Å²) in [6, 6.07) is 10.5. The zero-order valence-electron chi connectivity index (χ0n) is 8.45. The quantitative estimate of drug-likeness (QED) is 0.603. The van der Waals surface area contributed by atoms with Crippen LogP contribution in [0.15, 0.2) is 61.2 Å². The summed E-state index contributed by atoms with van der Waals surface area (Å²) in [5.74, 6) is 0. The molecule has 0 heteroatoms. The summed E-state index contributed by atoms with van der Waals surface area (Å²) in [7, 11) is 0. The fourth-order valence-corrected chi connectivity index (χ4v) is 1.00. The van der Waals surface area contributed by atoms with Crippen molar-refractivity contribution in [3.05, 3.63) is 66.8 Å². The first-order valence-electron chi connectivity index (χ1n) is 4.84. The molecule has 2 rings (SSSR count). The third-order valence-corrected chi connectivity index (χ3v) is 1.88. The smallest absolute Gasteiger partial charge is 0.0257 e. The van der Waals surface area contributed by atoms with Crippen molar-refractivity contribution in [3.63, 3.8) is 0 Å². The molecule has 0 heterocycles. The van der Waals surface area contributed by atoms with Crippen LogP contribution in [0.5, 0.6) is 0 Å². The Bertz CT molecular complexity index is 305. The van der Waals surface area contributed by atoms with Crippen molar-refractivity contribution in [2.45, 2.75) is 12.8 Å². The third kappa shape index (κ3) is 4.46. The monoisotopic (exact) mass is 184 g/mol. The lowest BCUT2D eigenvalue weighted by Crippen LogP contribution is -1.66. The van der Waals surface area contributed by atoms with Crippen molar-refractivity contribution in [2.75, 3.05) is 0 Å². The number of hydrogen-bond acceptors (Lipinski definition) is 0. The van der Waals surface area contributed by atoms with E-state index in [4.69, 9.17) is 0 Å². The fourth-order valence-electron chi connectivity index (χ4n) is 1.00. The zero-order chi connectivity index (χ0) is 10.2. The highest BCUT2D eigenvalue weighted by molar-refractivity contribution is 5.55. The first-order chi connectivity index (χ1) is 6.86. The number of allylic oxidation sites excluding steroid dienone is 3. The molecule has 0 nitrogen and oxygen atoms in total. The molecule has 1 aromatic carbocycles. The Labute approximate surface area is 86.3 Å². The molecule has 1 fully saturated rings. The van der Waals surface area contributed by atoms with E-state index in [1.54, 1.807) is 17.7 Å². The van der Waals surface area contributed by atoms with Crippen LogP contribution in [0.1, 0.15) is 18.4 Å². The van der Waals surface area contributed by atoms with Crippen molar-refractivity contribution in [2.24, 2.45) is 0 Å². The second-order valence-electron chi connectivity index (χ2n) is 3.18. The predicted molar refractivity (Wildman–Crippen MR) is 64.0 cm³/mol. The highest BCUT2D eigenvalue weighted by atomic mass is 14.1. The summed E-state index contributed by atoms with van der Waals surface area (Å²) in [6.45, 7) is 6.72. The van der Waals surface area contributed by atoms with E-state index in [0.29, 0.717) is 0 Å². The topological polar surface area (TPSA) is 0 Å². The van der Waals surface area contributed by atoms with E-state index in [9.17, 15) is 0 Å². The van der Waals surface area contributed by atoms with Gasteiger partial charge in [0.05, 0.1) is 0 Å². The van der Waals surface area contributed by atoms with Crippen LogP contribution in [0, 0.1) is 0 Å². The van der Waals surface area contributed by atoms with Gasteiger partial charge in [0.15, 0.2) is 0 Å². The van der Waals surface area contributed by atoms with Gasteiger partial charge in [-0.2, -0.15) is 0 Å². The predicted octanol–water partition coefficient (Wildman–Crippen LogP) is 4.22. The summed E-state index contributed by atoms with van der Waals surface area (Å²) >= 11 is 0. The molecule has 0 atom stereocenters. The van der Waals surface area contributed by atoms with Gasteiger partial charge in [-0.05, 0) is 18.4 Å². The molecule has 72 valence electrons. The second kappa shape index (κ2) is 5.98. The van der Waals surface area contributed by atoms with Crippen molar-refractivity contribution in [1.29, 1.82) is 0 Å². The van der Waals surface area contributed by atoms with Crippen LogP contribution in [0.3, 0.4) is 0 Å². The van der Waals surface area contributed by atoms with Gasteiger partial charge in [-0.1, -0.05) is 67.3 Å². The van der Waals surface area contributed by atoms with Crippen LogP contribution in [0.25, 0.3) is 6.08 Å². The Kier molecular flexibility index (Phi) is 4.49. The van der Waals surface area contributed by atoms with Gasteiger partial charge in [-0.15, -0.1) is 0 Å². The van der Waals surface area contributed by atoms with Gasteiger partial charge < -0.3 is 0 Å². The van der Waals surface area contributed by atoms with Gasteiger partial charge >= 0.3 is 0 Å². The first-order valence-corrected chi connectivity index (χ1v) is 4.84. The van der Waals surface area contributed by atoms with Crippen LogP contribution in [-0.4, -0.2) is 0 Å². The van der Waals surface area contributed by atoms with E-state index in [-0.39, 0.29) is 0 Å². The molecule has 0 saturated heterocycles. The Morgan fingerprint density at radius 2 is 1.50 bits per heavy atom. The van der Waals surface area contributed by atoms with Crippen molar-refractivity contribution in [3.8, 4) is 0 Å². The number of rotatable bonds is 2. The van der Waals surface area contributed by atoms with Crippen molar-refractivity contribution in [1.82, 2.24) is 0 Å². The van der Waals surface area contributed by atoms with E-state index in [0.717, 1.165) is 0 Å². The normalized spacial score (nSPS) is 12.1. The van der Waals surface area contributed by atoms with E-state index in [1.807, 2.05) is 0 Å². The van der Waals surface area contributed by atoms with Gasteiger partial charge in [0.2, 0.25) is 0 Å². The molecule has 0 unspecified atom stereocenters. The highest BCUT2D eigenvalue weighted by Crippen LogP contribution is 2.29. The van der Waals surface area contributed by atoms with E-state index in [1.165, 1.54) is 18.4 Å². The maximum absolute atomic E-state index is 3.36. The van der Waals surface area contributed by atoms with Crippen LogP contribution >= 0.6 is 0 Å². The van der Waals surface area contributed by atoms with E-state index in [2.05, 4.69) is 49.6 Å². The maximum atomic E-state index is 3.36. The summed E-state index contributed by atoms with van der Waals surface area (Å²) in [6.07, 6.45) is 8.18. The SMILES string of the molecule is C(=C1CC1)c1ccccc1.C=CC=C. The van der Waals surface area contributed by atoms with Gasteiger partial charge in [0, 0.05) is 0 Å². The molecule has 0 aromatic heterocycles. The zero-order valence-corrected chi connectivity index (χ0v) is 8.45. The maximum Gasteiger partial charge on any atom is -0.0257 e. The standard InChI is InChI=1S/C10H10.C4H6/c1-2-4-9(5-3-1)8-10-6-7-10;1-3-4-2/h1-5,8H,6-7H2;3-4H,1-2H2. The van der Waals surface area contributed by atoms with Crippen molar-refractivity contribution >= 4 is 6.08 Å². The number of hydrogen-bond donors (Lipinski definition) is 0. The molecule has 1 aromatic rings. The lowest BCUT2D eigenvalue weighted by molar-refractivity contribution is 1.50. The summed E-state index contributed by atoms with van der Waals surface area (Å²) in [5, 5.41) is 0. The molecule has 0 N–H and O–H groups in total. The molecule has 1 aliphatic carbocycles. The molecule has 1 aliphatic rings. The molecule has 1 saturated carbocycles. The van der Waals surface area contributed by atoms with Gasteiger partial charge in [0.1, 0.15) is 0 Å². The Balaban J connectivity index is 0.000000213. The van der Waals surface area contributed by atoms with Crippen molar-refractivity contribution < 1.29 is 0 Å². The number of benzene rings is 1. The highest BCUT2D eigenvalue weighted by Gasteiger charge is 2.09. The van der Waals surface area contributed by atoms with Crippen LogP contribution < -0.4 is 0 Å². The van der Waals surface area contributed by atoms with E-state index < -0.39 is 0 Å². The van der Waals surface area contributed by atoms with Gasteiger partial charge in [-0.3, -0.25) is 0 Å². The average molecular weight is 184 g/mol. The summed E-state index contributed by atoms with van der Waals surface area (Å²) in [5.41, 5.74) is 2.93. The largest absolute Gasteiger partial charge is 0.0991 e. The Morgan fingerprint density at radius 1 is 0.929 bits per heavy atom. The van der Waals surface area contributed by atoms with Crippen LogP contribution in [0.2, 0.25) is 0 Å². The molecule has 0 radical (unpaired) electrons. The summed E-state index contributed by atoms with van der Waals surface area (Å²) < 4.78 is 0. The molecule has 0 bridgehead atoms. The third-order valence-electron chi connectivity index (χ3n) is 1.88. The lowest BCUT2D eigenvalue weighted by Gasteiger charge is -1.87. The molecule has 0 aliphatic heterocycles. The fraction of sp³-hybridized carbons (Fsp3) is 0.143. The lowest BCUT2D eigenvalue weighted by atomic mass is 10.2.